The van der Waals surface area contributed by atoms with E-state index in [-0.39, 0.29) is 6.04 Å². The maximum atomic E-state index is 13.7. The maximum absolute atomic E-state index is 13.7. The first-order valence-corrected chi connectivity index (χ1v) is 10.9. The smallest absolute Gasteiger partial charge is 0.245 e. The Morgan fingerprint density at radius 1 is 1.04 bits per heavy atom. The van der Waals surface area contributed by atoms with Crippen LogP contribution in [0.15, 0.2) is 60.0 Å². The van der Waals surface area contributed by atoms with Crippen molar-refractivity contribution < 1.29 is 8.42 Å². The van der Waals surface area contributed by atoms with Gasteiger partial charge in [0.25, 0.3) is 0 Å². The summed E-state index contributed by atoms with van der Waals surface area (Å²) in [6, 6.07) is 14.8. The molecule has 0 saturated heterocycles. The first kappa shape index (κ1) is 19.8. The molecule has 0 saturated carbocycles. The first-order valence-electron chi connectivity index (χ1n) is 9.45. The molecule has 0 N–H and O–H groups in total. The average molecular weight is 385 g/mol. The van der Waals surface area contributed by atoms with E-state index in [1.165, 1.54) is 0 Å². The predicted octanol–water partition coefficient (Wildman–Crippen LogP) is 4.44. The van der Waals surface area contributed by atoms with Crippen molar-refractivity contribution in [2.45, 2.75) is 44.8 Å². The molecule has 0 spiro atoms. The molecule has 1 heterocycles. The minimum atomic E-state index is -3.69. The van der Waals surface area contributed by atoms with Gasteiger partial charge >= 0.3 is 0 Å². The van der Waals surface area contributed by atoms with Crippen molar-refractivity contribution in [1.29, 1.82) is 0 Å². The summed E-state index contributed by atoms with van der Waals surface area (Å²) in [5.74, 6) is 0. The summed E-state index contributed by atoms with van der Waals surface area (Å²) >= 11 is 0. The van der Waals surface area contributed by atoms with Gasteiger partial charge in [0.05, 0.1) is 4.90 Å². The van der Waals surface area contributed by atoms with Gasteiger partial charge in [0, 0.05) is 6.04 Å². The number of likely N-dealkylation sites (N-methyl/N-ethyl adjacent to an activating group) is 1. The normalized spacial score (nSPS) is 20.7. The van der Waals surface area contributed by atoms with E-state index >= 15 is 0 Å². The summed E-state index contributed by atoms with van der Waals surface area (Å²) in [6.07, 6.45) is -0.392. The molecule has 2 unspecified atom stereocenters. The third-order valence-corrected chi connectivity index (χ3v) is 7.38. The molecule has 0 radical (unpaired) electrons. The lowest BCUT2D eigenvalue weighted by molar-refractivity contribution is 0.125. The topological polar surface area (TPSA) is 40.6 Å². The SMILES string of the molecule is C=C1c2ccccc2C(C)N(S(=O)(=O)c2ccc(C)cc2)C1N(CC)CC. The molecule has 1 aliphatic heterocycles. The lowest BCUT2D eigenvalue weighted by Crippen LogP contribution is -2.54. The van der Waals surface area contributed by atoms with Crippen LogP contribution in [0.1, 0.15) is 43.5 Å². The van der Waals surface area contributed by atoms with E-state index in [0.717, 1.165) is 35.4 Å². The molecule has 2 aromatic rings. The van der Waals surface area contributed by atoms with Crippen LogP contribution in [0.5, 0.6) is 0 Å². The summed E-state index contributed by atoms with van der Waals surface area (Å²) in [5, 5.41) is 0. The Morgan fingerprint density at radius 3 is 2.22 bits per heavy atom. The Labute approximate surface area is 163 Å². The van der Waals surface area contributed by atoms with E-state index in [2.05, 4.69) is 25.3 Å². The molecule has 0 bridgehead atoms. The van der Waals surface area contributed by atoms with Gasteiger partial charge in [-0.1, -0.05) is 62.4 Å². The van der Waals surface area contributed by atoms with Gasteiger partial charge < -0.3 is 0 Å². The summed E-state index contributed by atoms with van der Waals surface area (Å²) in [5.41, 5.74) is 3.93. The molecule has 5 heteroatoms. The second kappa shape index (κ2) is 7.58. The van der Waals surface area contributed by atoms with Gasteiger partial charge in [-0.05, 0) is 55.8 Å². The lowest BCUT2D eigenvalue weighted by atomic mass is 9.89. The predicted molar refractivity (Wildman–Crippen MR) is 111 cm³/mol. The van der Waals surface area contributed by atoms with Crippen molar-refractivity contribution in [3.8, 4) is 0 Å². The number of hydrogen-bond acceptors (Lipinski definition) is 3. The zero-order valence-electron chi connectivity index (χ0n) is 16.5. The quantitative estimate of drug-likeness (QED) is 0.765. The molecule has 0 aliphatic carbocycles. The second-order valence-corrected chi connectivity index (χ2v) is 8.87. The summed E-state index contributed by atoms with van der Waals surface area (Å²) < 4.78 is 29.0. The number of hydrogen-bond donors (Lipinski definition) is 0. The third-order valence-electron chi connectivity index (χ3n) is 5.45. The van der Waals surface area contributed by atoms with Gasteiger partial charge in [-0.15, -0.1) is 0 Å². The van der Waals surface area contributed by atoms with E-state index < -0.39 is 16.2 Å². The van der Waals surface area contributed by atoms with Crippen LogP contribution in [0.2, 0.25) is 0 Å². The summed E-state index contributed by atoms with van der Waals surface area (Å²) in [7, 11) is -3.69. The molecule has 27 heavy (non-hydrogen) atoms. The number of nitrogens with zero attached hydrogens (tertiary/aromatic N) is 2. The number of benzene rings is 2. The second-order valence-electron chi connectivity index (χ2n) is 7.03. The first-order chi connectivity index (χ1) is 12.8. The fraction of sp³-hybridized carbons (Fsp3) is 0.364. The Balaban J connectivity index is 2.20. The van der Waals surface area contributed by atoms with Crippen LogP contribution >= 0.6 is 0 Å². The van der Waals surface area contributed by atoms with Gasteiger partial charge in [0.2, 0.25) is 10.0 Å². The van der Waals surface area contributed by atoms with E-state index in [1.54, 1.807) is 16.4 Å². The van der Waals surface area contributed by atoms with Gasteiger partial charge in [0.1, 0.15) is 6.17 Å². The van der Waals surface area contributed by atoms with Crippen molar-refractivity contribution in [2.24, 2.45) is 0 Å². The lowest BCUT2D eigenvalue weighted by Gasteiger charge is -2.46. The highest BCUT2D eigenvalue weighted by atomic mass is 32.2. The highest BCUT2D eigenvalue weighted by molar-refractivity contribution is 7.89. The van der Waals surface area contributed by atoms with Crippen molar-refractivity contribution in [3.05, 3.63) is 71.8 Å². The molecule has 2 aromatic carbocycles. The van der Waals surface area contributed by atoms with Crippen LogP contribution in [-0.2, 0) is 10.0 Å². The fourth-order valence-electron chi connectivity index (χ4n) is 3.92. The van der Waals surface area contributed by atoms with Gasteiger partial charge in [-0.25, -0.2) is 8.42 Å². The standard InChI is InChI=1S/C22H28N2O2S/c1-6-23(7-2)22-17(4)20-10-8-9-11-21(20)18(5)24(22)27(25,26)19-14-12-16(3)13-15-19/h8-15,18,22H,4,6-7H2,1-3,5H3. The Morgan fingerprint density at radius 2 is 1.63 bits per heavy atom. The average Bonchev–Trinajstić information content (AvgIpc) is 2.66. The minimum absolute atomic E-state index is 0.274. The fourth-order valence-corrected chi connectivity index (χ4v) is 5.69. The van der Waals surface area contributed by atoms with Crippen LogP contribution in [0.3, 0.4) is 0 Å². The van der Waals surface area contributed by atoms with Crippen molar-refractivity contribution in [1.82, 2.24) is 9.21 Å². The molecular formula is C22H28N2O2S. The Kier molecular flexibility index (Phi) is 5.56. The zero-order chi connectivity index (χ0) is 19.8. The highest BCUT2D eigenvalue weighted by Crippen LogP contribution is 2.43. The van der Waals surface area contributed by atoms with Crippen molar-refractivity contribution in [3.63, 3.8) is 0 Å². The van der Waals surface area contributed by atoms with Gasteiger partial charge in [-0.2, -0.15) is 4.31 Å². The molecule has 144 valence electrons. The summed E-state index contributed by atoms with van der Waals surface area (Å²) in [6.45, 7) is 13.8. The molecule has 4 nitrogen and oxygen atoms in total. The number of aryl methyl sites for hydroxylation is 1. The molecule has 3 rings (SSSR count). The van der Waals surface area contributed by atoms with Crippen molar-refractivity contribution >= 4 is 15.6 Å². The highest BCUT2D eigenvalue weighted by Gasteiger charge is 2.44. The van der Waals surface area contributed by atoms with E-state index in [0.29, 0.717) is 4.90 Å². The van der Waals surface area contributed by atoms with Crippen molar-refractivity contribution in [2.75, 3.05) is 13.1 Å². The van der Waals surface area contributed by atoms with E-state index in [9.17, 15) is 8.42 Å². The molecule has 1 aliphatic rings. The zero-order valence-corrected chi connectivity index (χ0v) is 17.3. The van der Waals surface area contributed by atoms with Gasteiger partial charge in [0.15, 0.2) is 0 Å². The number of sulfonamides is 1. The van der Waals surface area contributed by atoms with Crippen LogP contribution < -0.4 is 0 Å². The largest absolute Gasteiger partial charge is 0.284 e. The molecule has 0 amide bonds. The minimum Gasteiger partial charge on any atom is -0.284 e. The molecule has 0 fully saturated rings. The number of rotatable bonds is 5. The van der Waals surface area contributed by atoms with Crippen LogP contribution in [-0.4, -0.2) is 36.9 Å². The van der Waals surface area contributed by atoms with Crippen LogP contribution in [0.4, 0.5) is 0 Å². The maximum Gasteiger partial charge on any atom is 0.245 e. The molecule has 2 atom stereocenters. The van der Waals surface area contributed by atoms with E-state index in [1.807, 2.05) is 50.2 Å². The molecular weight excluding hydrogens is 356 g/mol. The molecule has 0 aromatic heterocycles. The third kappa shape index (κ3) is 3.35. The Bertz CT molecular complexity index is 931. The van der Waals surface area contributed by atoms with Gasteiger partial charge in [-0.3, -0.25) is 4.90 Å². The van der Waals surface area contributed by atoms with E-state index in [4.69, 9.17) is 0 Å². The Hall–Kier alpha value is -1.95. The van der Waals surface area contributed by atoms with Crippen LogP contribution in [0, 0.1) is 6.92 Å². The monoisotopic (exact) mass is 384 g/mol. The van der Waals surface area contributed by atoms with Crippen LogP contribution in [0.25, 0.3) is 5.57 Å². The number of fused-ring (bicyclic) bond motifs is 1. The summed E-state index contributed by atoms with van der Waals surface area (Å²) in [4.78, 5) is 2.48.